The van der Waals surface area contributed by atoms with Crippen molar-refractivity contribution in [3.63, 3.8) is 0 Å². The van der Waals surface area contributed by atoms with Gasteiger partial charge in [-0.15, -0.1) is 0 Å². The van der Waals surface area contributed by atoms with E-state index in [4.69, 9.17) is 5.11 Å². The van der Waals surface area contributed by atoms with Gasteiger partial charge in [0.2, 0.25) is 0 Å². The number of aliphatic carboxylic acids is 1. The Morgan fingerprint density at radius 3 is 2.61 bits per heavy atom. The van der Waals surface area contributed by atoms with Crippen LogP contribution >= 0.6 is 0 Å². The van der Waals surface area contributed by atoms with Crippen LogP contribution in [0.4, 0.5) is 5.82 Å². The highest BCUT2D eigenvalue weighted by molar-refractivity contribution is 5.73. The van der Waals surface area contributed by atoms with Crippen LogP contribution in [-0.4, -0.2) is 39.1 Å². The number of aromatic nitrogens is 3. The van der Waals surface area contributed by atoms with Crippen molar-refractivity contribution in [2.45, 2.75) is 27.2 Å². The van der Waals surface area contributed by atoms with Gasteiger partial charge < -0.3 is 15.0 Å². The van der Waals surface area contributed by atoms with E-state index in [0.717, 1.165) is 6.42 Å². The van der Waals surface area contributed by atoms with Crippen LogP contribution < -0.4 is 10.5 Å². The molecule has 0 aliphatic rings. The van der Waals surface area contributed by atoms with Crippen molar-refractivity contribution in [3.8, 4) is 11.4 Å². The van der Waals surface area contributed by atoms with Crippen LogP contribution in [0.15, 0.2) is 23.1 Å². The van der Waals surface area contributed by atoms with Gasteiger partial charge in [0, 0.05) is 29.6 Å². The third kappa shape index (κ3) is 3.94. The molecule has 0 fully saturated rings. The van der Waals surface area contributed by atoms with Crippen molar-refractivity contribution in [3.05, 3.63) is 39.9 Å². The molecule has 0 saturated carbocycles. The zero-order valence-corrected chi connectivity index (χ0v) is 13.5. The van der Waals surface area contributed by atoms with E-state index < -0.39 is 5.97 Å². The molecule has 0 saturated heterocycles. The van der Waals surface area contributed by atoms with Gasteiger partial charge in [0.15, 0.2) is 0 Å². The Kier molecular flexibility index (Phi) is 5.10. The van der Waals surface area contributed by atoms with E-state index in [1.165, 1.54) is 0 Å². The molecule has 122 valence electrons. The summed E-state index contributed by atoms with van der Waals surface area (Å²) in [6.45, 7) is 6.00. The molecule has 0 aliphatic heterocycles. The number of hydrogen-bond donors (Lipinski definition) is 2. The maximum atomic E-state index is 11.8. The Labute approximate surface area is 134 Å². The van der Waals surface area contributed by atoms with Crippen LogP contribution in [0.5, 0.6) is 0 Å². The molecule has 2 N–H and O–H groups in total. The number of carboxylic acids is 1. The van der Waals surface area contributed by atoms with Gasteiger partial charge in [0.05, 0.1) is 0 Å². The van der Waals surface area contributed by atoms with Gasteiger partial charge in [-0.1, -0.05) is 6.92 Å². The smallest absolute Gasteiger partial charge is 0.323 e. The predicted molar refractivity (Wildman–Crippen MR) is 87.7 cm³/mol. The number of pyridine rings is 1. The van der Waals surface area contributed by atoms with Gasteiger partial charge in [0.25, 0.3) is 5.56 Å². The van der Waals surface area contributed by atoms with Crippen LogP contribution in [0.1, 0.15) is 24.6 Å². The van der Waals surface area contributed by atoms with Gasteiger partial charge in [-0.3, -0.25) is 9.59 Å². The second kappa shape index (κ2) is 7.04. The van der Waals surface area contributed by atoms with Crippen molar-refractivity contribution in [1.29, 1.82) is 0 Å². The number of aryl methyl sites for hydroxylation is 1. The van der Waals surface area contributed by atoms with E-state index >= 15 is 0 Å². The molecule has 0 atom stereocenters. The molecule has 0 aromatic carbocycles. The summed E-state index contributed by atoms with van der Waals surface area (Å²) in [7, 11) is 0. The normalized spacial score (nSPS) is 10.6. The average molecular weight is 316 g/mol. The fourth-order valence-electron chi connectivity index (χ4n) is 2.20. The lowest BCUT2D eigenvalue weighted by Crippen LogP contribution is -2.31. The first kappa shape index (κ1) is 16.7. The molecule has 0 spiro atoms. The summed E-state index contributed by atoms with van der Waals surface area (Å²) in [5.41, 5.74) is 1.77. The van der Waals surface area contributed by atoms with Crippen molar-refractivity contribution < 1.29 is 9.90 Å². The Morgan fingerprint density at radius 2 is 2.09 bits per heavy atom. The molecule has 7 nitrogen and oxygen atoms in total. The molecular weight excluding hydrogens is 296 g/mol. The zero-order chi connectivity index (χ0) is 17.0. The predicted octanol–water partition coefficient (Wildman–Crippen LogP) is 1.75. The van der Waals surface area contributed by atoms with E-state index in [1.54, 1.807) is 37.1 Å². The second-order valence-electron chi connectivity index (χ2n) is 5.35. The maximum absolute atomic E-state index is 11.8. The van der Waals surface area contributed by atoms with E-state index in [0.29, 0.717) is 35.0 Å². The number of H-pyrrole nitrogens is 1. The van der Waals surface area contributed by atoms with Crippen LogP contribution in [0.3, 0.4) is 0 Å². The summed E-state index contributed by atoms with van der Waals surface area (Å²) in [5, 5.41) is 8.97. The average Bonchev–Trinajstić information content (AvgIpc) is 2.51. The minimum Gasteiger partial charge on any atom is -0.480 e. The Hall–Kier alpha value is -2.70. The summed E-state index contributed by atoms with van der Waals surface area (Å²) < 4.78 is 0. The van der Waals surface area contributed by atoms with Crippen LogP contribution in [0, 0.1) is 13.8 Å². The van der Waals surface area contributed by atoms with E-state index in [-0.39, 0.29) is 12.1 Å². The summed E-state index contributed by atoms with van der Waals surface area (Å²) in [6.07, 6.45) is 2.41. The molecule has 2 heterocycles. The van der Waals surface area contributed by atoms with Gasteiger partial charge in [0.1, 0.15) is 18.2 Å². The monoisotopic (exact) mass is 316 g/mol. The van der Waals surface area contributed by atoms with Crippen molar-refractivity contribution in [1.82, 2.24) is 15.0 Å². The Bertz CT molecular complexity index is 753. The summed E-state index contributed by atoms with van der Waals surface area (Å²) in [5.74, 6) is 0.145. The van der Waals surface area contributed by atoms with Crippen LogP contribution in [-0.2, 0) is 4.79 Å². The highest BCUT2D eigenvalue weighted by Crippen LogP contribution is 2.18. The molecule has 23 heavy (non-hydrogen) atoms. The standard InChI is InChI=1S/C16H20N4O3/c1-4-7-20(9-14(21)22)13-6-5-12(8-17-13)15-18-11(3)10(2)16(23)19-15/h5-6,8H,4,7,9H2,1-3H3,(H,21,22)(H,18,19,23). The molecule has 2 aromatic heterocycles. The van der Waals surface area contributed by atoms with E-state index in [2.05, 4.69) is 15.0 Å². The minimum absolute atomic E-state index is 0.0983. The zero-order valence-electron chi connectivity index (χ0n) is 13.5. The summed E-state index contributed by atoms with van der Waals surface area (Å²) >= 11 is 0. The summed E-state index contributed by atoms with van der Waals surface area (Å²) in [4.78, 5) is 35.9. The third-order valence-corrected chi connectivity index (χ3v) is 3.56. The first-order valence-corrected chi connectivity index (χ1v) is 7.43. The fraction of sp³-hybridized carbons (Fsp3) is 0.375. The number of carboxylic acid groups (broad SMARTS) is 1. The Balaban J connectivity index is 2.31. The van der Waals surface area contributed by atoms with Crippen LogP contribution in [0.2, 0.25) is 0 Å². The van der Waals surface area contributed by atoms with E-state index in [9.17, 15) is 9.59 Å². The van der Waals surface area contributed by atoms with E-state index in [1.807, 2.05) is 6.92 Å². The highest BCUT2D eigenvalue weighted by atomic mass is 16.4. The largest absolute Gasteiger partial charge is 0.480 e. The van der Waals surface area contributed by atoms with Crippen molar-refractivity contribution in [2.75, 3.05) is 18.0 Å². The lowest BCUT2D eigenvalue weighted by Gasteiger charge is -2.21. The second-order valence-corrected chi connectivity index (χ2v) is 5.35. The number of aromatic amines is 1. The number of carbonyl (C=O) groups is 1. The molecule has 2 aromatic rings. The topological polar surface area (TPSA) is 99.2 Å². The molecule has 0 radical (unpaired) electrons. The lowest BCUT2D eigenvalue weighted by atomic mass is 10.2. The van der Waals surface area contributed by atoms with Crippen molar-refractivity contribution >= 4 is 11.8 Å². The first-order valence-electron chi connectivity index (χ1n) is 7.43. The lowest BCUT2D eigenvalue weighted by molar-refractivity contribution is -0.135. The molecular formula is C16H20N4O3. The molecule has 0 unspecified atom stereocenters. The third-order valence-electron chi connectivity index (χ3n) is 3.56. The maximum Gasteiger partial charge on any atom is 0.323 e. The molecule has 0 aliphatic carbocycles. The molecule has 0 bridgehead atoms. The van der Waals surface area contributed by atoms with Crippen LogP contribution in [0.25, 0.3) is 11.4 Å². The number of nitrogens with one attached hydrogen (secondary N) is 1. The number of hydrogen-bond acceptors (Lipinski definition) is 5. The molecule has 2 rings (SSSR count). The van der Waals surface area contributed by atoms with Gasteiger partial charge in [-0.2, -0.15) is 0 Å². The fourth-order valence-corrected chi connectivity index (χ4v) is 2.20. The highest BCUT2D eigenvalue weighted by Gasteiger charge is 2.12. The molecule has 0 amide bonds. The minimum atomic E-state index is -0.899. The summed E-state index contributed by atoms with van der Waals surface area (Å²) in [6, 6.07) is 3.52. The molecule has 7 heteroatoms. The van der Waals surface area contributed by atoms with Gasteiger partial charge in [-0.25, -0.2) is 9.97 Å². The quantitative estimate of drug-likeness (QED) is 0.842. The number of anilines is 1. The van der Waals surface area contributed by atoms with Gasteiger partial charge >= 0.3 is 5.97 Å². The van der Waals surface area contributed by atoms with Crippen molar-refractivity contribution in [2.24, 2.45) is 0 Å². The first-order chi connectivity index (χ1) is 10.9. The van der Waals surface area contributed by atoms with Gasteiger partial charge in [-0.05, 0) is 32.4 Å². The Morgan fingerprint density at radius 1 is 1.35 bits per heavy atom. The SMILES string of the molecule is CCCN(CC(=O)O)c1ccc(-c2nc(C)c(C)c(=O)[nH]2)cn1. The number of nitrogens with zero attached hydrogens (tertiary/aromatic N) is 3. The number of rotatable bonds is 6.